The topological polar surface area (TPSA) is 42.7 Å². The molecule has 2 saturated heterocycles. The summed E-state index contributed by atoms with van der Waals surface area (Å²) in [5, 5.41) is 0.105. The Hall–Kier alpha value is -0.940. The maximum absolute atomic E-state index is 12.4. The Morgan fingerprint density at radius 3 is 2.89 bits per heavy atom. The Morgan fingerprint density at radius 1 is 1.32 bits per heavy atom. The molecule has 5 heteroatoms. The lowest BCUT2D eigenvalue weighted by Gasteiger charge is -2.31. The van der Waals surface area contributed by atoms with Crippen molar-refractivity contribution in [3.05, 3.63) is 24.2 Å². The molecule has 3 rings (SSSR count). The van der Waals surface area contributed by atoms with Gasteiger partial charge in [-0.25, -0.2) is 0 Å². The number of carbonyl (C=O) groups is 1. The third kappa shape index (κ3) is 2.98. The highest BCUT2D eigenvalue weighted by molar-refractivity contribution is 7.99. The summed E-state index contributed by atoms with van der Waals surface area (Å²) < 4.78 is 10.7. The van der Waals surface area contributed by atoms with E-state index >= 15 is 0 Å². The van der Waals surface area contributed by atoms with E-state index in [1.165, 1.54) is 0 Å². The van der Waals surface area contributed by atoms with Gasteiger partial charge in [-0.1, -0.05) is 0 Å². The summed E-state index contributed by atoms with van der Waals surface area (Å²) in [6, 6.07) is 4.25. The van der Waals surface area contributed by atoms with Crippen molar-refractivity contribution in [2.75, 3.05) is 19.8 Å². The molecule has 3 heterocycles. The molecule has 0 aliphatic carbocycles. The zero-order valence-corrected chi connectivity index (χ0v) is 11.7. The summed E-state index contributed by atoms with van der Waals surface area (Å²) >= 11 is 1.70. The molecule has 19 heavy (non-hydrogen) atoms. The van der Waals surface area contributed by atoms with Crippen LogP contribution in [0, 0.1) is 0 Å². The average molecular weight is 281 g/mol. The van der Waals surface area contributed by atoms with Crippen LogP contribution in [0.3, 0.4) is 0 Å². The highest BCUT2D eigenvalue weighted by atomic mass is 32.2. The van der Waals surface area contributed by atoms with E-state index in [-0.39, 0.29) is 5.25 Å². The molecule has 1 aromatic heterocycles. The van der Waals surface area contributed by atoms with Crippen LogP contribution in [0.2, 0.25) is 0 Å². The predicted octanol–water partition coefficient (Wildman–Crippen LogP) is 2.29. The number of amides is 1. The molecule has 0 N–H and O–H groups in total. The van der Waals surface area contributed by atoms with Gasteiger partial charge in [0.15, 0.2) is 0 Å². The van der Waals surface area contributed by atoms with Crippen LogP contribution in [0.15, 0.2) is 22.8 Å². The molecule has 2 fully saturated rings. The van der Waals surface area contributed by atoms with Crippen molar-refractivity contribution in [1.29, 1.82) is 0 Å². The van der Waals surface area contributed by atoms with E-state index in [4.69, 9.17) is 9.15 Å². The number of carbonyl (C=O) groups excluding carboxylic acids is 1. The number of thioether (sulfide) groups is 1. The van der Waals surface area contributed by atoms with E-state index in [0.29, 0.717) is 11.9 Å². The van der Waals surface area contributed by atoms with Crippen LogP contribution in [-0.4, -0.2) is 41.9 Å². The lowest BCUT2D eigenvalue weighted by atomic mass is 10.1. The van der Waals surface area contributed by atoms with Crippen molar-refractivity contribution in [1.82, 2.24) is 4.90 Å². The molecule has 0 saturated carbocycles. The van der Waals surface area contributed by atoms with Crippen LogP contribution < -0.4 is 0 Å². The molecular weight excluding hydrogens is 262 g/mol. The summed E-state index contributed by atoms with van der Waals surface area (Å²) in [4.78, 5) is 14.5. The third-order valence-electron chi connectivity index (χ3n) is 3.83. The van der Waals surface area contributed by atoms with Gasteiger partial charge < -0.3 is 14.1 Å². The molecule has 1 aromatic rings. The first-order valence-corrected chi connectivity index (χ1v) is 7.91. The van der Waals surface area contributed by atoms with Gasteiger partial charge in [0.25, 0.3) is 0 Å². The Morgan fingerprint density at radius 2 is 2.16 bits per heavy atom. The van der Waals surface area contributed by atoms with Gasteiger partial charge in [0.05, 0.1) is 17.3 Å². The molecule has 0 aromatic carbocycles. The van der Waals surface area contributed by atoms with Crippen LogP contribution >= 0.6 is 11.8 Å². The largest absolute Gasteiger partial charge is 0.468 e. The van der Waals surface area contributed by atoms with Crippen LogP contribution in [0.1, 0.15) is 25.0 Å². The van der Waals surface area contributed by atoms with Crippen LogP contribution in [0.5, 0.6) is 0 Å². The zero-order valence-electron chi connectivity index (χ0n) is 10.9. The van der Waals surface area contributed by atoms with E-state index in [1.807, 2.05) is 12.1 Å². The minimum absolute atomic E-state index is 0.105. The third-order valence-corrected chi connectivity index (χ3v) is 5.12. The van der Waals surface area contributed by atoms with Crippen LogP contribution in [0.25, 0.3) is 0 Å². The molecule has 2 aliphatic heterocycles. The molecular formula is C14H19NO3S. The van der Waals surface area contributed by atoms with E-state index in [1.54, 1.807) is 18.0 Å². The molecule has 4 nitrogen and oxygen atoms in total. The fraction of sp³-hybridized carbons (Fsp3) is 0.643. The first kappa shape index (κ1) is 13.1. The van der Waals surface area contributed by atoms with E-state index < -0.39 is 0 Å². The normalized spacial score (nSPS) is 25.2. The second kappa shape index (κ2) is 6.01. The Kier molecular flexibility index (Phi) is 4.13. The van der Waals surface area contributed by atoms with E-state index in [9.17, 15) is 4.79 Å². The lowest BCUT2D eigenvalue weighted by Crippen LogP contribution is -2.41. The van der Waals surface area contributed by atoms with Crippen molar-refractivity contribution in [2.24, 2.45) is 0 Å². The fourth-order valence-corrected chi connectivity index (χ4v) is 3.85. The Labute approximate surface area is 117 Å². The summed E-state index contributed by atoms with van der Waals surface area (Å²) in [5.74, 6) is 2.04. The fourth-order valence-electron chi connectivity index (χ4n) is 2.77. The van der Waals surface area contributed by atoms with Gasteiger partial charge >= 0.3 is 0 Å². The molecule has 0 bridgehead atoms. The molecule has 1 unspecified atom stereocenters. The monoisotopic (exact) mass is 281 g/mol. The van der Waals surface area contributed by atoms with Gasteiger partial charge in [0.1, 0.15) is 5.76 Å². The van der Waals surface area contributed by atoms with Crippen molar-refractivity contribution in [2.45, 2.75) is 36.3 Å². The molecule has 104 valence electrons. The van der Waals surface area contributed by atoms with E-state index in [2.05, 4.69) is 4.90 Å². The number of hydrogen-bond donors (Lipinski definition) is 0. The predicted molar refractivity (Wildman–Crippen MR) is 74.0 cm³/mol. The van der Waals surface area contributed by atoms with Gasteiger partial charge in [-0.3, -0.25) is 4.79 Å². The summed E-state index contributed by atoms with van der Waals surface area (Å²) in [5.41, 5.74) is 0. The van der Waals surface area contributed by atoms with Gasteiger partial charge in [0, 0.05) is 25.8 Å². The lowest BCUT2D eigenvalue weighted by molar-refractivity contribution is -0.130. The Balaban J connectivity index is 1.53. The first-order chi connectivity index (χ1) is 9.34. The van der Waals surface area contributed by atoms with E-state index in [0.717, 1.165) is 50.5 Å². The number of furan rings is 1. The van der Waals surface area contributed by atoms with Gasteiger partial charge in [0.2, 0.25) is 5.91 Å². The second-order valence-electron chi connectivity index (χ2n) is 5.04. The number of rotatable bonds is 4. The summed E-state index contributed by atoms with van der Waals surface area (Å²) in [6.07, 6.45) is 4.62. The quantitative estimate of drug-likeness (QED) is 0.849. The summed E-state index contributed by atoms with van der Waals surface area (Å²) in [6.45, 7) is 2.48. The molecule has 1 amide bonds. The molecule has 0 spiro atoms. The Bertz CT molecular complexity index is 414. The standard InChI is InChI=1S/C14H19NO3S/c16-14-13(19-10-12-2-1-7-18-12)3-6-15(14)11-4-8-17-9-5-11/h1-2,7,11,13H,3-6,8-10H2. The van der Waals surface area contributed by atoms with Gasteiger partial charge in [-0.05, 0) is 31.4 Å². The van der Waals surface area contributed by atoms with Gasteiger partial charge in [-0.2, -0.15) is 0 Å². The molecule has 1 atom stereocenters. The van der Waals surface area contributed by atoms with Gasteiger partial charge in [-0.15, -0.1) is 11.8 Å². The van der Waals surface area contributed by atoms with Crippen molar-refractivity contribution in [3.8, 4) is 0 Å². The SMILES string of the molecule is O=C1C(SCc2ccco2)CCN1C1CCOCC1. The highest BCUT2D eigenvalue weighted by Gasteiger charge is 2.36. The molecule has 0 radical (unpaired) electrons. The number of hydrogen-bond acceptors (Lipinski definition) is 4. The maximum atomic E-state index is 12.4. The first-order valence-electron chi connectivity index (χ1n) is 6.87. The number of nitrogens with zero attached hydrogens (tertiary/aromatic N) is 1. The molecule has 2 aliphatic rings. The highest BCUT2D eigenvalue weighted by Crippen LogP contribution is 2.30. The maximum Gasteiger partial charge on any atom is 0.236 e. The smallest absolute Gasteiger partial charge is 0.236 e. The number of ether oxygens (including phenoxy) is 1. The number of likely N-dealkylation sites (tertiary alicyclic amines) is 1. The minimum atomic E-state index is 0.105. The summed E-state index contributed by atoms with van der Waals surface area (Å²) in [7, 11) is 0. The van der Waals surface area contributed by atoms with Crippen LogP contribution in [0.4, 0.5) is 0 Å². The minimum Gasteiger partial charge on any atom is -0.468 e. The zero-order chi connectivity index (χ0) is 13.1. The van der Waals surface area contributed by atoms with Crippen molar-refractivity contribution >= 4 is 17.7 Å². The van der Waals surface area contributed by atoms with Crippen molar-refractivity contribution < 1.29 is 13.9 Å². The second-order valence-corrected chi connectivity index (χ2v) is 6.23. The average Bonchev–Trinajstić information content (AvgIpc) is 3.07. The van der Waals surface area contributed by atoms with Crippen molar-refractivity contribution in [3.63, 3.8) is 0 Å². The van der Waals surface area contributed by atoms with Crippen LogP contribution in [-0.2, 0) is 15.3 Å².